The van der Waals surface area contributed by atoms with Crippen LogP contribution in [0.3, 0.4) is 0 Å². The molecule has 5 nitrogen and oxygen atoms in total. The summed E-state index contributed by atoms with van der Waals surface area (Å²) in [7, 11) is 3.18. The number of nitrogens with zero attached hydrogens (tertiary/aromatic N) is 2. The van der Waals surface area contributed by atoms with Crippen LogP contribution in [0.5, 0.6) is 11.5 Å². The van der Waals surface area contributed by atoms with E-state index in [1.54, 1.807) is 19.1 Å². The summed E-state index contributed by atoms with van der Waals surface area (Å²) in [5.74, 6) is 1.31. The number of carbonyl (C=O) groups is 1. The van der Waals surface area contributed by atoms with E-state index < -0.39 is 0 Å². The van der Waals surface area contributed by atoms with Gasteiger partial charge in [-0.05, 0) is 43.2 Å². The average molecular weight is 352 g/mol. The van der Waals surface area contributed by atoms with Gasteiger partial charge in [0.25, 0.3) is 0 Å². The van der Waals surface area contributed by atoms with Crippen molar-refractivity contribution in [1.29, 1.82) is 5.26 Å². The van der Waals surface area contributed by atoms with Gasteiger partial charge in [-0.1, -0.05) is 23.8 Å². The van der Waals surface area contributed by atoms with Gasteiger partial charge in [0, 0.05) is 18.7 Å². The highest BCUT2D eigenvalue weighted by atomic mass is 16.5. The minimum atomic E-state index is -0.00103. The zero-order valence-corrected chi connectivity index (χ0v) is 15.5. The number of carbonyl (C=O) groups excluding carboxylic acids is 1. The van der Waals surface area contributed by atoms with Crippen molar-refractivity contribution in [2.24, 2.45) is 0 Å². The minimum Gasteiger partial charge on any atom is -0.493 e. The molecule has 0 aliphatic rings. The molecule has 0 atom stereocenters. The maximum atomic E-state index is 12.7. The first-order valence-electron chi connectivity index (χ1n) is 8.54. The summed E-state index contributed by atoms with van der Waals surface area (Å²) in [5, 5.41) is 8.89. The Morgan fingerprint density at radius 2 is 1.77 bits per heavy atom. The molecule has 2 aromatic rings. The molecule has 0 aromatic heterocycles. The van der Waals surface area contributed by atoms with E-state index in [0.29, 0.717) is 37.3 Å². The van der Waals surface area contributed by atoms with E-state index in [1.807, 2.05) is 49.4 Å². The van der Waals surface area contributed by atoms with Crippen molar-refractivity contribution in [3.8, 4) is 17.6 Å². The summed E-state index contributed by atoms with van der Waals surface area (Å²) in [6.07, 6.45) is 1.25. The Labute approximate surface area is 154 Å². The molecule has 0 unspecified atom stereocenters. The number of methoxy groups -OCH3 is 2. The Balaban J connectivity index is 2.09. The highest BCUT2D eigenvalue weighted by molar-refractivity contribution is 5.93. The van der Waals surface area contributed by atoms with Crippen LogP contribution in [0.15, 0.2) is 42.5 Å². The molecule has 1 amide bonds. The maximum Gasteiger partial charge on any atom is 0.227 e. The van der Waals surface area contributed by atoms with Crippen LogP contribution in [-0.2, 0) is 11.2 Å². The zero-order valence-electron chi connectivity index (χ0n) is 15.5. The van der Waals surface area contributed by atoms with Gasteiger partial charge in [0.05, 0.1) is 26.7 Å². The van der Waals surface area contributed by atoms with Gasteiger partial charge in [-0.15, -0.1) is 0 Å². The second-order valence-corrected chi connectivity index (χ2v) is 5.98. The Hall–Kier alpha value is -3.00. The molecule has 0 N–H and O–H groups in total. The summed E-state index contributed by atoms with van der Waals surface area (Å²) in [5.41, 5.74) is 2.95. The van der Waals surface area contributed by atoms with Crippen LogP contribution in [0.2, 0.25) is 0 Å². The van der Waals surface area contributed by atoms with Gasteiger partial charge in [0.2, 0.25) is 5.91 Å². The molecule has 0 saturated carbocycles. The third-order valence-corrected chi connectivity index (χ3v) is 4.17. The second-order valence-electron chi connectivity index (χ2n) is 5.98. The van der Waals surface area contributed by atoms with Gasteiger partial charge in [0.1, 0.15) is 0 Å². The standard InChI is InChI=1S/C21H24N2O3/c1-16-5-9-18(10-6-16)23(14-4-13-22)21(24)12-8-17-7-11-19(25-2)20(15-17)26-3/h5-7,9-11,15H,4,8,12,14H2,1-3H3. The van der Waals surface area contributed by atoms with Crippen LogP contribution in [0, 0.1) is 18.3 Å². The van der Waals surface area contributed by atoms with Crippen molar-refractivity contribution in [3.63, 3.8) is 0 Å². The average Bonchev–Trinajstić information content (AvgIpc) is 2.67. The van der Waals surface area contributed by atoms with E-state index in [9.17, 15) is 4.79 Å². The van der Waals surface area contributed by atoms with Gasteiger partial charge >= 0.3 is 0 Å². The lowest BCUT2D eigenvalue weighted by atomic mass is 10.1. The van der Waals surface area contributed by atoms with Gasteiger partial charge in [0.15, 0.2) is 11.5 Å². The first-order valence-corrected chi connectivity index (χ1v) is 8.54. The fraction of sp³-hybridized carbons (Fsp3) is 0.333. The molecule has 0 bridgehead atoms. The molecule has 2 rings (SSSR count). The number of hydrogen-bond acceptors (Lipinski definition) is 4. The highest BCUT2D eigenvalue weighted by Gasteiger charge is 2.16. The number of benzene rings is 2. The molecule has 2 aromatic carbocycles. The number of amides is 1. The van der Waals surface area contributed by atoms with E-state index >= 15 is 0 Å². The van der Waals surface area contributed by atoms with Gasteiger partial charge in [-0.2, -0.15) is 5.26 Å². The lowest BCUT2D eigenvalue weighted by Crippen LogP contribution is -2.32. The van der Waals surface area contributed by atoms with Crippen LogP contribution in [0.25, 0.3) is 0 Å². The molecule has 0 spiro atoms. The van der Waals surface area contributed by atoms with Gasteiger partial charge < -0.3 is 14.4 Å². The SMILES string of the molecule is COc1ccc(CCC(=O)N(CCC#N)c2ccc(C)cc2)cc1OC. The van der Waals surface area contributed by atoms with Crippen molar-refractivity contribution in [3.05, 3.63) is 53.6 Å². The lowest BCUT2D eigenvalue weighted by molar-refractivity contribution is -0.118. The Kier molecular flexibility index (Phi) is 7.04. The number of ether oxygens (including phenoxy) is 2. The summed E-state index contributed by atoms with van der Waals surface area (Å²) in [6, 6.07) is 15.5. The first-order chi connectivity index (χ1) is 12.6. The predicted molar refractivity (Wildman–Crippen MR) is 102 cm³/mol. The number of rotatable bonds is 8. The van der Waals surface area contributed by atoms with Crippen molar-refractivity contribution in [1.82, 2.24) is 0 Å². The topological polar surface area (TPSA) is 62.6 Å². The molecule has 0 aliphatic heterocycles. The van der Waals surface area contributed by atoms with Crippen LogP contribution in [0.1, 0.15) is 24.0 Å². The fourth-order valence-electron chi connectivity index (χ4n) is 2.71. The third kappa shape index (κ3) is 5.00. The van der Waals surface area contributed by atoms with Crippen molar-refractivity contribution >= 4 is 11.6 Å². The Morgan fingerprint density at radius 3 is 2.38 bits per heavy atom. The van der Waals surface area contributed by atoms with Crippen LogP contribution >= 0.6 is 0 Å². The van der Waals surface area contributed by atoms with Crippen molar-refractivity contribution in [2.45, 2.75) is 26.2 Å². The Bertz CT molecular complexity index is 779. The van der Waals surface area contributed by atoms with E-state index in [4.69, 9.17) is 14.7 Å². The van der Waals surface area contributed by atoms with E-state index in [0.717, 1.165) is 16.8 Å². The summed E-state index contributed by atoms with van der Waals surface area (Å²) >= 11 is 0. The van der Waals surface area contributed by atoms with Crippen molar-refractivity contribution < 1.29 is 14.3 Å². The molecule has 0 fully saturated rings. The summed E-state index contributed by atoms with van der Waals surface area (Å²) in [6.45, 7) is 2.40. The monoisotopic (exact) mass is 352 g/mol. The highest BCUT2D eigenvalue weighted by Crippen LogP contribution is 2.28. The fourth-order valence-corrected chi connectivity index (χ4v) is 2.71. The zero-order chi connectivity index (χ0) is 18.9. The van der Waals surface area contributed by atoms with Crippen LogP contribution in [0.4, 0.5) is 5.69 Å². The molecular weight excluding hydrogens is 328 g/mol. The smallest absolute Gasteiger partial charge is 0.227 e. The van der Waals surface area contributed by atoms with Gasteiger partial charge in [-0.3, -0.25) is 4.79 Å². The number of anilines is 1. The molecule has 0 saturated heterocycles. The number of hydrogen-bond donors (Lipinski definition) is 0. The van der Waals surface area contributed by atoms with E-state index in [-0.39, 0.29) is 5.91 Å². The number of aryl methyl sites for hydroxylation is 2. The molecule has 0 aliphatic carbocycles. The summed E-state index contributed by atoms with van der Waals surface area (Å²) in [4.78, 5) is 14.4. The largest absolute Gasteiger partial charge is 0.493 e. The van der Waals surface area contributed by atoms with Crippen LogP contribution in [-0.4, -0.2) is 26.7 Å². The first kappa shape index (κ1) is 19.3. The third-order valence-electron chi connectivity index (χ3n) is 4.17. The molecule has 136 valence electrons. The molecule has 5 heteroatoms. The number of nitriles is 1. The minimum absolute atomic E-state index is 0.00103. The lowest BCUT2D eigenvalue weighted by Gasteiger charge is -2.22. The van der Waals surface area contributed by atoms with Crippen molar-refractivity contribution in [2.75, 3.05) is 25.7 Å². The summed E-state index contributed by atoms with van der Waals surface area (Å²) < 4.78 is 10.5. The molecule has 0 radical (unpaired) electrons. The predicted octanol–water partition coefficient (Wildman–Crippen LogP) is 3.89. The van der Waals surface area contributed by atoms with E-state index in [2.05, 4.69) is 6.07 Å². The quantitative estimate of drug-likeness (QED) is 0.723. The van der Waals surface area contributed by atoms with Gasteiger partial charge in [-0.25, -0.2) is 0 Å². The molecular formula is C21H24N2O3. The Morgan fingerprint density at radius 1 is 1.08 bits per heavy atom. The van der Waals surface area contributed by atoms with E-state index in [1.165, 1.54) is 0 Å². The van der Waals surface area contributed by atoms with Crippen LogP contribution < -0.4 is 14.4 Å². The maximum absolute atomic E-state index is 12.7. The second kappa shape index (κ2) is 9.47. The molecule has 0 heterocycles. The normalized spacial score (nSPS) is 10.1. The molecule has 26 heavy (non-hydrogen) atoms.